The van der Waals surface area contributed by atoms with Gasteiger partial charge < -0.3 is 10.2 Å². The smallest absolute Gasteiger partial charge is 0.274 e. The van der Waals surface area contributed by atoms with Crippen LogP contribution in [-0.4, -0.2) is 56.4 Å². The number of pyridine rings is 1. The first-order chi connectivity index (χ1) is 16.4. The number of amides is 2. The molecular formula is C25H31BrFN5O2. The standard InChI is InChI=1S/C20H21BrFN5O2.C3H4.C2H6/c1-2-15(22)10-14(5-6-21)18-11-17(20(29)26-9-8-24-19(28)13-26)25-27(18)16-4-3-7-23-12-16;1-3-2;1-2/h3-5,7,10-12H,2,6,8-9,13H2,1H3,(H,24,28);1H,2H3;1-2H3/b14-5+,15-10+;;. The van der Waals surface area contributed by atoms with Gasteiger partial charge in [-0.25, -0.2) is 9.07 Å². The molecule has 3 heterocycles. The van der Waals surface area contributed by atoms with Gasteiger partial charge in [-0.3, -0.25) is 14.6 Å². The first-order valence-corrected chi connectivity index (χ1v) is 12.1. The Balaban J connectivity index is 0.00000107. The average molecular weight is 532 g/mol. The molecule has 2 aromatic heterocycles. The lowest BCUT2D eigenvalue weighted by atomic mass is 10.1. The van der Waals surface area contributed by atoms with Gasteiger partial charge in [0.2, 0.25) is 5.91 Å². The molecule has 9 heteroatoms. The Morgan fingerprint density at radius 3 is 2.68 bits per heavy atom. The molecule has 0 spiro atoms. The van der Waals surface area contributed by atoms with Gasteiger partial charge in [0.1, 0.15) is 5.83 Å². The van der Waals surface area contributed by atoms with Crippen LogP contribution in [0.4, 0.5) is 4.39 Å². The van der Waals surface area contributed by atoms with Crippen molar-refractivity contribution in [3.8, 4) is 18.0 Å². The van der Waals surface area contributed by atoms with E-state index in [-0.39, 0.29) is 36.3 Å². The van der Waals surface area contributed by atoms with Crippen LogP contribution in [0.25, 0.3) is 11.3 Å². The maximum Gasteiger partial charge on any atom is 0.274 e. The molecule has 3 rings (SSSR count). The van der Waals surface area contributed by atoms with Gasteiger partial charge in [-0.1, -0.05) is 42.8 Å². The second-order valence-corrected chi connectivity index (χ2v) is 7.31. The van der Waals surface area contributed by atoms with Gasteiger partial charge in [0.25, 0.3) is 5.91 Å². The Morgan fingerprint density at radius 1 is 1.41 bits per heavy atom. The number of carbonyl (C=O) groups is 2. The van der Waals surface area contributed by atoms with Crippen LogP contribution < -0.4 is 5.32 Å². The number of aromatic nitrogens is 3. The van der Waals surface area contributed by atoms with Gasteiger partial charge in [0, 0.05) is 24.6 Å². The molecule has 0 aliphatic carbocycles. The van der Waals surface area contributed by atoms with Crippen LogP contribution in [-0.2, 0) is 4.79 Å². The van der Waals surface area contributed by atoms with Gasteiger partial charge in [0.15, 0.2) is 5.69 Å². The van der Waals surface area contributed by atoms with Crippen molar-refractivity contribution in [2.24, 2.45) is 0 Å². The van der Waals surface area contributed by atoms with E-state index in [9.17, 15) is 14.0 Å². The van der Waals surface area contributed by atoms with Crippen LogP contribution in [0, 0.1) is 12.3 Å². The molecule has 0 saturated carbocycles. The van der Waals surface area contributed by atoms with E-state index in [2.05, 4.69) is 43.7 Å². The van der Waals surface area contributed by atoms with Crippen molar-refractivity contribution in [1.29, 1.82) is 0 Å². The summed E-state index contributed by atoms with van der Waals surface area (Å²) in [5.74, 6) is 1.42. The summed E-state index contributed by atoms with van der Waals surface area (Å²) in [5.41, 5.74) is 1.98. The SMILES string of the molecule is C#CC.CC.CC/C(F)=C\C(=C/CBr)c1cc(C(=O)N2CCNC(=O)C2)nn1-c1cccnc1. The van der Waals surface area contributed by atoms with E-state index in [1.807, 2.05) is 19.9 Å². The number of terminal acetylenes is 1. The summed E-state index contributed by atoms with van der Waals surface area (Å²) < 4.78 is 15.6. The van der Waals surface area contributed by atoms with Crippen LogP contribution in [0.5, 0.6) is 0 Å². The summed E-state index contributed by atoms with van der Waals surface area (Å²) in [6.07, 6.45) is 11.4. The Bertz CT molecular complexity index is 1040. The molecule has 2 amide bonds. The fraction of sp³-hybridized carbons (Fsp3) is 0.360. The first kappa shape index (κ1) is 28.8. The summed E-state index contributed by atoms with van der Waals surface area (Å²) in [7, 11) is 0. The number of carbonyl (C=O) groups excluding carboxylic acids is 2. The second kappa shape index (κ2) is 15.6. The summed E-state index contributed by atoms with van der Waals surface area (Å²) in [6.45, 7) is 8.18. The van der Waals surface area contributed by atoms with E-state index < -0.39 is 0 Å². The molecule has 0 atom stereocenters. The molecule has 1 N–H and O–H groups in total. The van der Waals surface area contributed by atoms with Crippen molar-refractivity contribution in [1.82, 2.24) is 25.0 Å². The van der Waals surface area contributed by atoms with Crippen molar-refractivity contribution >= 4 is 33.3 Å². The van der Waals surface area contributed by atoms with Crippen molar-refractivity contribution in [2.45, 2.75) is 34.1 Å². The molecule has 1 aliphatic heterocycles. The molecule has 182 valence electrons. The molecule has 1 aliphatic rings. The van der Waals surface area contributed by atoms with Gasteiger partial charge in [-0.2, -0.15) is 5.10 Å². The number of halogens is 2. The Morgan fingerprint density at radius 2 is 2.12 bits per heavy atom. The fourth-order valence-corrected chi connectivity index (χ4v) is 3.28. The largest absolute Gasteiger partial charge is 0.353 e. The van der Waals surface area contributed by atoms with Crippen molar-refractivity contribution in [2.75, 3.05) is 25.0 Å². The second-order valence-electron chi connectivity index (χ2n) is 6.66. The fourth-order valence-electron chi connectivity index (χ4n) is 2.93. The molecule has 2 aromatic rings. The molecule has 0 unspecified atom stereocenters. The average Bonchev–Trinajstić information content (AvgIpc) is 3.31. The maximum atomic E-state index is 14.1. The molecule has 34 heavy (non-hydrogen) atoms. The normalized spacial score (nSPS) is 13.6. The Labute approximate surface area is 209 Å². The third-order valence-corrected chi connectivity index (χ3v) is 4.71. The van der Waals surface area contributed by atoms with E-state index in [4.69, 9.17) is 0 Å². The molecule has 0 aromatic carbocycles. The number of nitrogens with one attached hydrogen (secondary N) is 1. The number of piperazine rings is 1. The van der Waals surface area contributed by atoms with Crippen LogP contribution in [0.3, 0.4) is 0 Å². The first-order valence-electron chi connectivity index (χ1n) is 11.0. The number of allylic oxidation sites excluding steroid dienone is 4. The van der Waals surface area contributed by atoms with E-state index in [0.29, 0.717) is 35.4 Å². The van der Waals surface area contributed by atoms with Gasteiger partial charge in [0.05, 0.1) is 24.1 Å². The predicted molar refractivity (Wildman–Crippen MR) is 137 cm³/mol. The third kappa shape index (κ3) is 8.27. The van der Waals surface area contributed by atoms with Crippen LogP contribution >= 0.6 is 15.9 Å². The van der Waals surface area contributed by atoms with Gasteiger partial charge in [-0.15, -0.1) is 12.3 Å². The summed E-state index contributed by atoms with van der Waals surface area (Å²) in [4.78, 5) is 30.1. The zero-order valence-electron chi connectivity index (χ0n) is 20.0. The van der Waals surface area contributed by atoms with Crippen molar-refractivity contribution < 1.29 is 14.0 Å². The maximum absolute atomic E-state index is 14.1. The van der Waals surface area contributed by atoms with Crippen molar-refractivity contribution in [3.05, 3.63) is 60.0 Å². The quantitative estimate of drug-likeness (QED) is 0.337. The molecule has 0 radical (unpaired) electrons. The molecule has 1 saturated heterocycles. The van der Waals surface area contributed by atoms with Crippen molar-refractivity contribution in [3.63, 3.8) is 0 Å². The number of nitrogens with zero attached hydrogens (tertiary/aromatic N) is 4. The number of alkyl halides is 1. The molecule has 0 bridgehead atoms. The zero-order chi connectivity index (χ0) is 25.5. The Hall–Kier alpha value is -3.25. The highest BCUT2D eigenvalue weighted by Crippen LogP contribution is 2.24. The summed E-state index contributed by atoms with van der Waals surface area (Å²) in [6, 6.07) is 5.18. The summed E-state index contributed by atoms with van der Waals surface area (Å²) in [5, 5.41) is 7.66. The van der Waals surface area contributed by atoms with Crippen LogP contribution in [0.15, 0.2) is 48.6 Å². The monoisotopic (exact) mass is 531 g/mol. The number of hydrogen-bond acceptors (Lipinski definition) is 4. The highest BCUT2D eigenvalue weighted by atomic mass is 79.9. The lowest BCUT2D eigenvalue weighted by Gasteiger charge is -2.25. The molecule has 1 fully saturated rings. The topological polar surface area (TPSA) is 80.1 Å². The van der Waals surface area contributed by atoms with Crippen LogP contribution in [0.2, 0.25) is 0 Å². The van der Waals surface area contributed by atoms with E-state index >= 15 is 0 Å². The van der Waals surface area contributed by atoms with E-state index in [1.54, 1.807) is 49.1 Å². The molecule has 7 nitrogen and oxygen atoms in total. The predicted octanol–water partition coefficient (Wildman–Crippen LogP) is 4.55. The number of hydrogen-bond donors (Lipinski definition) is 1. The van der Waals surface area contributed by atoms with E-state index in [0.717, 1.165) is 0 Å². The lowest BCUT2D eigenvalue weighted by molar-refractivity contribution is -0.123. The highest BCUT2D eigenvalue weighted by molar-refractivity contribution is 9.09. The van der Waals surface area contributed by atoms with E-state index in [1.165, 1.54) is 11.0 Å². The minimum absolute atomic E-state index is 0.0115. The molecular weight excluding hydrogens is 501 g/mol. The lowest BCUT2D eigenvalue weighted by Crippen LogP contribution is -2.50. The zero-order valence-corrected chi connectivity index (χ0v) is 21.6. The Kier molecular flexibility index (Phi) is 13.2. The summed E-state index contributed by atoms with van der Waals surface area (Å²) >= 11 is 3.36. The number of rotatable bonds is 6. The highest BCUT2D eigenvalue weighted by Gasteiger charge is 2.26. The van der Waals surface area contributed by atoms with Gasteiger partial charge >= 0.3 is 0 Å². The minimum atomic E-state index is -0.345. The van der Waals surface area contributed by atoms with Crippen LogP contribution in [0.1, 0.15) is 50.3 Å². The third-order valence-electron chi connectivity index (χ3n) is 4.39. The van der Waals surface area contributed by atoms with Gasteiger partial charge in [-0.05, 0) is 43.2 Å². The minimum Gasteiger partial charge on any atom is -0.353 e.